The Morgan fingerprint density at radius 3 is 2.77 bits per heavy atom. The van der Waals surface area contributed by atoms with E-state index in [2.05, 4.69) is 24.0 Å². The molecule has 0 N–H and O–H groups in total. The Balaban J connectivity index is 1.88. The van der Waals surface area contributed by atoms with Gasteiger partial charge < -0.3 is 4.90 Å². The number of carbonyl (C=O) groups is 1. The van der Waals surface area contributed by atoms with Crippen LogP contribution < -0.4 is 4.90 Å². The van der Waals surface area contributed by atoms with Crippen LogP contribution in [-0.4, -0.2) is 10.9 Å². The Bertz CT molecular complexity index is 909. The molecule has 0 atom stereocenters. The van der Waals surface area contributed by atoms with Gasteiger partial charge in [-0.1, -0.05) is 35.9 Å². The highest BCUT2D eigenvalue weighted by molar-refractivity contribution is 6.14. The zero-order valence-corrected chi connectivity index (χ0v) is 12.6. The van der Waals surface area contributed by atoms with E-state index in [1.54, 1.807) is 6.20 Å². The smallest absolute Gasteiger partial charge is 0.259 e. The van der Waals surface area contributed by atoms with Gasteiger partial charge in [-0.25, -0.2) is 0 Å². The van der Waals surface area contributed by atoms with Crippen molar-refractivity contribution < 1.29 is 4.79 Å². The predicted octanol–water partition coefficient (Wildman–Crippen LogP) is 4.01. The summed E-state index contributed by atoms with van der Waals surface area (Å²) >= 11 is 0. The number of fused-ring (bicyclic) bond motifs is 2. The maximum atomic E-state index is 12.9. The van der Waals surface area contributed by atoms with Gasteiger partial charge >= 0.3 is 0 Å². The Morgan fingerprint density at radius 2 is 1.91 bits per heavy atom. The van der Waals surface area contributed by atoms with Gasteiger partial charge in [0.2, 0.25) is 0 Å². The first-order valence-corrected chi connectivity index (χ1v) is 7.41. The van der Waals surface area contributed by atoms with Crippen LogP contribution in [-0.2, 0) is 6.54 Å². The Labute approximate surface area is 129 Å². The average Bonchev–Trinajstić information content (AvgIpc) is 2.83. The van der Waals surface area contributed by atoms with Crippen molar-refractivity contribution in [1.29, 1.82) is 0 Å². The second kappa shape index (κ2) is 4.67. The van der Waals surface area contributed by atoms with Crippen molar-refractivity contribution in [3.05, 3.63) is 70.9 Å². The number of hydrogen-bond acceptors (Lipinski definition) is 2. The fourth-order valence-electron chi connectivity index (χ4n) is 3.36. The fraction of sp³-hybridized carbons (Fsp3) is 0.158. The highest BCUT2D eigenvalue weighted by Crippen LogP contribution is 2.34. The number of para-hydroxylation sites is 1. The van der Waals surface area contributed by atoms with E-state index in [1.807, 2.05) is 42.2 Å². The lowest BCUT2D eigenvalue weighted by Gasteiger charge is -2.17. The lowest BCUT2D eigenvalue weighted by Crippen LogP contribution is -2.23. The van der Waals surface area contributed by atoms with Gasteiger partial charge in [-0.15, -0.1) is 0 Å². The summed E-state index contributed by atoms with van der Waals surface area (Å²) in [6.45, 7) is 4.70. The summed E-state index contributed by atoms with van der Waals surface area (Å²) in [5, 5.41) is 1.05. The zero-order valence-electron chi connectivity index (χ0n) is 12.6. The molecular formula is C19H16N2O. The summed E-state index contributed by atoms with van der Waals surface area (Å²) in [4.78, 5) is 19.2. The normalized spacial score (nSPS) is 13.7. The minimum atomic E-state index is 0.0747. The lowest BCUT2D eigenvalue weighted by atomic mass is 10.0. The summed E-state index contributed by atoms with van der Waals surface area (Å²) in [6, 6.07) is 14.1. The maximum Gasteiger partial charge on any atom is 0.259 e. The number of carbonyl (C=O) groups excluding carboxylic acids is 1. The molecule has 0 saturated carbocycles. The van der Waals surface area contributed by atoms with Crippen molar-refractivity contribution in [2.75, 3.05) is 4.90 Å². The van der Waals surface area contributed by atoms with Crippen LogP contribution in [0.15, 0.2) is 48.7 Å². The molecule has 2 aromatic carbocycles. The highest BCUT2D eigenvalue weighted by Gasteiger charge is 2.31. The highest BCUT2D eigenvalue weighted by atomic mass is 16.2. The van der Waals surface area contributed by atoms with Crippen LogP contribution in [0.3, 0.4) is 0 Å². The van der Waals surface area contributed by atoms with E-state index in [0.717, 1.165) is 33.3 Å². The van der Waals surface area contributed by atoms with Gasteiger partial charge in [0.1, 0.15) is 0 Å². The van der Waals surface area contributed by atoms with Gasteiger partial charge in [0.25, 0.3) is 5.91 Å². The number of anilines is 1. The zero-order chi connectivity index (χ0) is 15.3. The molecular weight excluding hydrogens is 272 g/mol. The number of aryl methyl sites for hydroxylation is 2. The number of benzene rings is 2. The molecule has 1 amide bonds. The summed E-state index contributed by atoms with van der Waals surface area (Å²) in [6.07, 6.45) is 1.77. The van der Waals surface area contributed by atoms with Gasteiger partial charge in [0.05, 0.1) is 17.7 Å². The molecule has 0 fully saturated rings. The largest absolute Gasteiger partial charge is 0.302 e. The molecule has 0 aliphatic carbocycles. The van der Waals surface area contributed by atoms with Crippen molar-refractivity contribution in [1.82, 2.24) is 4.98 Å². The van der Waals surface area contributed by atoms with Crippen LogP contribution in [0.4, 0.5) is 5.69 Å². The predicted molar refractivity (Wildman–Crippen MR) is 88.2 cm³/mol. The molecule has 3 heteroatoms. The van der Waals surface area contributed by atoms with Gasteiger partial charge in [-0.3, -0.25) is 9.78 Å². The van der Waals surface area contributed by atoms with E-state index in [4.69, 9.17) is 0 Å². The Kier molecular flexibility index (Phi) is 2.76. The molecule has 4 rings (SSSR count). The molecule has 0 spiro atoms. The van der Waals surface area contributed by atoms with E-state index in [0.29, 0.717) is 6.54 Å². The van der Waals surface area contributed by atoms with E-state index in [-0.39, 0.29) is 5.91 Å². The number of amides is 1. The Morgan fingerprint density at radius 1 is 1.09 bits per heavy atom. The van der Waals surface area contributed by atoms with E-state index in [9.17, 15) is 4.79 Å². The first kappa shape index (κ1) is 13.0. The molecule has 0 saturated heterocycles. The monoisotopic (exact) mass is 288 g/mol. The van der Waals surface area contributed by atoms with Crippen molar-refractivity contribution in [2.45, 2.75) is 20.4 Å². The van der Waals surface area contributed by atoms with Crippen LogP contribution >= 0.6 is 0 Å². The number of rotatable bonds is 1. The van der Waals surface area contributed by atoms with Crippen LogP contribution in [0.1, 0.15) is 27.0 Å². The Hall–Kier alpha value is -2.68. The summed E-state index contributed by atoms with van der Waals surface area (Å²) in [7, 11) is 0. The molecule has 2 heterocycles. The minimum Gasteiger partial charge on any atom is -0.302 e. The van der Waals surface area contributed by atoms with Crippen molar-refractivity contribution in [3.8, 4) is 0 Å². The summed E-state index contributed by atoms with van der Waals surface area (Å²) < 4.78 is 0. The van der Waals surface area contributed by atoms with E-state index < -0.39 is 0 Å². The molecule has 0 bridgehead atoms. The summed E-state index contributed by atoms with van der Waals surface area (Å²) in [5.41, 5.74) is 5.96. The molecule has 3 nitrogen and oxygen atoms in total. The molecule has 1 aliphatic heterocycles. The summed E-state index contributed by atoms with van der Waals surface area (Å²) in [5.74, 6) is 0.0747. The second-order valence-electron chi connectivity index (χ2n) is 5.86. The second-order valence-corrected chi connectivity index (χ2v) is 5.86. The standard InChI is InChI=1S/C19H16N2O/c1-12-9-13(2)17-15(10-12)11-21(19(17)22)16-7-3-5-14-6-4-8-20-18(14)16/h3-10H,11H2,1-2H3. The minimum absolute atomic E-state index is 0.0747. The number of hydrogen-bond donors (Lipinski definition) is 0. The maximum absolute atomic E-state index is 12.9. The topological polar surface area (TPSA) is 33.2 Å². The van der Waals surface area contributed by atoms with Crippen LogP contribution in [0.2, 0.25) is 0 Å². The molecule has 3 aromatic rings. The van der Waals surface area contributed by atoms with Gasteiger partial charge in [-0.05, 0) is 37.1 Å². The van der Waals surface area contributed by atoms with Crippen LogP contribution in [0.25, 0.3) is 10.9 Å². The first-order chi connectivity index (χ1) is 10.6. The molecule has 0 unspecified atom stereocenters. The van der Waals surface area contributed by atoms with Crippen LogP contribution in [0.5, 0.6) is 0 Å². The molecule has 22 heavy (non-hydrogen) atoms. The molecule has 0 radical (unpaired) electrons. The third kappa shape index (κ3) is 1.82. The average molecular weight is 288 g/mol. The van der Waals surface area contributed by atoms with Crippen molar-refractivity contribution >= 4 is 22.5 Å². The van der Waals surface area contributed by atoms with Gasteiger partial charge in [0.15, 0.2) is 0 Å². The third-order valence-corrected chi connectivity index (χ3v) is 4.25. The quantitative estimate of drug-likeness (QED) is 0.678. The number of aromatic nitrogens is 1. The molecule has 108 valence electrons. The number of pyridine rings is 1. The van der Waals surface area contributed by atoms with E-state index >= 15 is 0 Å². The fourth-order valence-corrected chi connectivity index (χ4v) is 3.36. The lowest BCUT2D eigenvalue weighted by molar-refractivity contribution is 0.0996. The van der Waals surface area contributed by atoms with Crippen molar-refractivity contribution in [3.63, 3.8) is 0 Å². The van der Waals surface area contributed by atoms with Gasteiger partial charge in [0, 0.05) is 17.1 Å². The third-order valence-electron chi connectivity index (χ3n) is 4.25. The molecule has 1 aromatic heterocycles. The van der Waals surface area contributed by atoms with E-state index in [1.165, 1.54) is 5.56 Å². The van der Waals surface area contributed by atoms with Crippen LogP contribution in [0, 0.1) is 13.8 Å². The van der Waals surface area contributed by atoms with Gasteiger partial charge in [-0.2, -0.15) is 0 Å². The first-order valence-electron chi connectivity index (χ1n) is 7.41. The SMILES string of the molecule is Cc1cc(C)c2c(c1)CN(c1cccc3cccnc13)C2=O. The van der Waals surface area contributed by atoms with Crippen molar-refractivity contribution in [2.24, 2.45) is 0 Å². The number of nitrogens with zero attached hydrogens (tertiary/aromatic N) is 2. The molecule has 1 aliphatic rings.